The summed E-state index contributed by atoms with van der Waals surface area (Å²) in [6.45, 7) is 11.4. The van der Waals surface area contributed by atoms with Crippen LogP contribution < -0.4 is 0 Å². The van der Waals surface area contributed by atoms with E-state index in [9.17, 15) is 0 Å². The molecule has 0 aromatic rings. The van der Waals surface area contributed by atoms with Crippen LogP contribution in [-0.2, 0) is 0 Å². The van der Waals surface area contributed by atoms with Crippen molar-refractivity contribution in [3.8, 4) is 11.8 Å². The second-order valence-corrected chi connectivity index (χ2v) is 9.55. The predicted octanol–water partition coefficient (Wildman–Crippen LogP) is 3.91. The van der Waals surface area contributed by atoms with Gasteiger partial charge in [-0.3, -0.25) is 0 Å². The minimum absolute atomic E-state index is 0.661. The summed E-state index contributed by atoms with van der Waals surface area (Å²) >= 11 is 0. The zero-order valence-corrected chi connectivity index (χ0v) is 10.2. The lowest BCUT2D eigenvalue weighted by atomic mass is 10.4. The van der Waals surface area contributed by atoms with Gasteiger partial charge >= 0.3 is 0 Å². The SMILES string of the molecule is CC#CC(C)[Si](C)(C)CCCC. The van der Waals surface area contributed by atoms with E-state index in [4.69, 9.17) is 0 Å². The Balaban J connectivity index is 4.05. The van der Waals surface area contributed by atoms with Crippen LogP contribution in [0.15, 0.2) is 0 Å². The molecule has 0 aliphatic carbocycles. The molecular formula is C11H22Si. The third-order valence-corrected chi connectivity index (χ3v) is 6.84. The largest absolute Gasteiger partial charge is 0.107 e. The predicted molar refractivity (Wildman–Crippen MR) is 60.1 cm³/mol. The quantitative estimate of drug-likeness (QED) is 0.457. The van der Waals surface area contributed by atoms with Crippen molar-refractivity contribution in [3.63, 3.8) is 0 Å². The Morgan fingerprint density at radius 2 is 1.92 bits per heavy atom. The molecule has 0 aliphatic rings. The third kappa shape index (κ3) is 3.97. The van der Waals surface area contributed by atoms with Crippen molar-refractivity contribution >= 4 is 8.07 Å². The Bertz CT molecular complexity index is 171. The van der Waals surface area contributed by atoms with E-state index >= 15 is 0 Å². The summed E-state index contributed by atoms with van der Waals surface area (Å²) in [5, 5.41) is 0. The Labute approximate surface area is 78.8 Å². The smallest absolute Gasteiger partial charge is 0.0639 e. The Hall–Kier alpha value is -0.223. The first-order valence-corrected chi connectivity index (χ1v) is 8.25. The molecule has 0 amide bonds. The number of rotatable bonds is 4. The Morgan fingerprint density at radius 3 is 2.33 bits per heavy atom. The molecule has 0 radical (unpaired) electrons. The number of hydrogen-bond donors (Lipinski definition) is 0. The van der Waals surface area contributed by atoms with Gasteiger partial charge in [0.2, 0.25) is 0 Å². The van der Waals surface area contributed by atoms with Crippen molar-refractivity contribution in [1.29, 1.82) is 0 Å². The lowest BCUT2D eigenvalue weighted by molar-refractivity contribution is 0.857. The van der Waals surface area contributed by atoms with Crippen LogP contribution in [-0.4, -0.2) is 8.07 Å². The second kappa shape index (κ2) is 5.43. The van der Waals surface area contributed by atoms with Gasteiger partial charge in [-0.15, -0.1) is 11.8 Å². The molecule has 70 valence electrons. The van der Waals surface area contributed by atoms with Crippen molar-refractivity contribution in [2.75, 3.05) is 0 Å². The van der Waals surface area contributed by atoms with Crippen molar-refractivity contribution in [1.82, 2.24) is 0 Å². The Morgan fingerprint density at radius 1 is 1.33 bits per heavy atom. The zero-order valence-electron chi connectivity index (χ0n) is 9.20. The number of unbranched alkanes of at least 4 members (excludes halogenated alkanes) is 1. The lowest BCUT2D eigenvalue weighted by Gasteiger charge is -2.25. The van der Waals surface area contributed by atoms with Gasteiger partial charge in [0, 0.05) is 5.54 Å². The van der Waals surface area contributed by atoms with Gasteiger partial charge in [0.15, 0.2) is 0 Å². The van der Waals surface area contributed by atoms with Gasteiger partial charge in [0.1, 0.15) is 0 Å². The highest BCUT2D eigenvalue weighted by molar-refractivity contribution is 6.79. The van der Waals surface area contributed by atoms with Crippen molar-refractivity contribution < 1.29 is 0 Å². The van der Waals surface area contributed by atoms with E-state index in [1.54, 1.807) is 0 Å². The van der Waals surface area contributed by atoms with Crippen molar-refractivity contribution in [3.05, 3.63) is 0 Å². The van der Waals surface area contributed by atoms with Crippen LogP contribution in [0.3, 0.4) is 0 Å². The molecule has 0 fully saturated rings. The molecule has 0 aliphatic heterocycles. The molecule has 12 heavy (non-hydrogen) atoms. The molecule has 0 spiro atoms. The fourth-order valence-electron chi connectivity index (χ4n) is 1.26. The highest BCUT2D eigenvalue weighted by Crippen LogP contribution is 2.26. The van der Waals surface area contributed by atoms with Gasteiger partial charge in [-0.1, -0.05) is 45.8 Å². The monoisotopic (exact) mass is 182 g/mol. The molecule has 1 atom stereocenters. The normalized spacial score (nSPS) is 13.4. The highest BCUT2D eigenvalue weighted by atomic mass is 28.3. The summed E-state index contributed by atoms with van der Waals surface area (Å²) in [7, 11) is -1.02. The fraction of sp³-hybridized carbons (Fsp3) is 0.818. The molecule has 0 N–H and O–H groups in total. The molecule has 0 saturated heterocycles. The lowest BCUT2D eigenvalue weighted by Crippen LogP contribution is -2.29. The van der Waals surface area contributed by atoms with Gasteiger partial charge < -0.3 is 0 Å². The summed E-state index contributed by atoms with van der Waals surface area (Å²) in [5.41, 5.74) is 0.661. The molecule has 1 unspecified atom stereocenters. The first-order chi connectivity index (χ1) is 5.54. The molecule has 0 heterocycles. The maximum Gasteiger partial charge on any atom is 0.0639 e. The fourth-order valence-corrected chi connectivity index (χ4v) is 3.49. The van der Waals surface area contributed by atoms with Crippen LogP contribution >= 0.6 is 0 Å². The van der Waals surface area contributed by atoms with Crippen LogP contribution in [0.1, 0.15) is 33.6 Å². The van der Waals surface area contributed by atoms with E-state index in [0.717, 1.165) is 0 Å². The number of hydrogen-bond acceptors (Lipinski definition) is 0. The average molecular weight is 182 g/mol. The van der Waals surface area contributed by atoms with Crippen LogP contribution in [0.2, 0.25) is 24.7 Å². The van der Waals surface area contributed by atoms with Crippen LogP contribution in [0.4, 0.5) is 0 Å². The van der Waals surface area contributed by atoms with Crippen molar-refractivity contribution in [2.45, 2.75) is 58.3 Å². The van der Waals surface area contributed by atoms with Crippen LogP contribution in [0, 0.1) is 11.8 Å². The average Bonchev–Trinajstić information content (AvgIpc) is 2.01. The van der Waals surface area contributed by atoms with Gasteiger partial charge in [-0.25, -0.2) is 0 Å². The zero-order chi connectivity index (χ0) is 9.61. The summed E-state index contributed by atoms with van der Waals surface area (Å²) in [6, 6.07) is 1.43. The standard InChI is InChI=1S/C11H22Si/c1-6-8-10-12(4,5)11(3)9-7-2/h11H,6,8,10H2,1-5H3. The van der Waals surface area contributed by atoms with Gasteiger partial charge in [-0.05, 0) is 6.92 Å². The molecular weight excluding hydrogens is 160 g/mol. The van der Waals surface area contributed by atoms with E-state index in [1.807, 2.05) is 6.92 Å². The first-order valence-electron chi connectivity index (χ1n) is 4.97. The molecule has 0 rings (SSSR count). The van der Waals surface area contributed by atoms with Crippen molar-refractivity contribution in [2.24, 2.45) is 0 Å². The van der Waals surface area contributed by atoms with Crippen LogP contribution in [0.25, 0.3) is 0 Å². The highest BCUT2D eigenvalue weighted by Gasteiger charge is 2.25. The maximum atomic E-state index is 3.31. The Kier molecular flexibility index (Phi) is 5.33. The van der Waals surface area contributed by atoms with E-state index < -0.39 is 8.07 Å². The first kappa shape index (κ1) is 11.8. The minimum Gasteiger partial charge on any atom is -0.107 e. The summed E-state index contributed by atoms with van der Waals surface area (Å²) in [6.07, 6.45) is 2.71. The maximum absolute atomic E-state index is 3.31. The summed E-state index contributed by atoms with van der Waals surface area (Å²) in [5.74, 6) is 6.34. The second-order valence-electron chi connectivity index (χ2n) is 4.21. The molecule has 1 heteroatoms. The topological polar surface area (TPSA) is 0 Å². The third-order valence-electron chi connectivity index (χ3n) is 2.71. The van der Waals surface area contributed by atoms with Gasteiger partial charge in [0.05, 0.1) is 8.07 Å². The summed E-state index contributed by atoms with van der Waals surface area (Å²) in [4.78, 5) is 0. The van der Waals surface area contributed by atoms with E-state index in [1.165, 1.54) is 18.9 Å². The van der Waals surface area contributed by atoms with Crippen LogP contribution in [0.5, 0.6) is 0 Å². The van der Waals surface area contributed by atoms with E-state index in [-0.39, 0.29) is 0 Å². The van der Waals surface area contributed by atoms with Gasteiger partial charge in [0.25, 0.3) is 0 Å². The molecule has 0 saturated carbocycles. The minimum atomic E-state index is -1.02. The summed E-state index contributed by atoms with van der Waals surface area (Å²) < 4.78 is 0. The molecule has 0 nitrogen and oxygen atoms in total. The molecule has 0 aromatic heterocycles. The van der Waals surface area contributed by atoms with E-state index in [0.29, 0.717) is 5.54 Å². The molecule has 0 aromatic carbocycles. The van der Waals surface area contributed by atoms with E-state index in [2.05, 4.69) is 38.8 Å². The molecule has 0 bridgehead atoms. The van der Waals surface area contributed by atoms with Gasteiger partial charge in [-0.2, -0.15) is 0 Å².